The summed E-state index contributed by atoms with van der Waals surface area (Å²) in [6.45, 7) is 5.88. The standard InChI is InChI=1S/C17H24N4O3/c1-3-5-15(22)18-13-7-9-21(10-8-13)12(2)17-19-16(20-24-17)14-6-4-11-23-14/h4,6,11-13H,3,5,7-10H2,1-2H3,(H,18,22). The molecule has 24 heavy (non-hydrogen) atoms. The Morgan fingerprint density at radius 1 is 1.46 bits per heavy atom. The van der Waals surface area contributed by atoms with E-state index >= 15 is 0 Å². The molecule has 3 heterocycles. The maximum absolute atomic E-state index is 11.7. The van der Waals surface area contributed by atoms with Crippen molar-refractivity contribution in [3.63, 3.8) is 0 Å². The Hall–Kier alpha value is -2.15. The lowest BCUT2D eigenvalue weighted by atomic mass is 10.0. The van der Waals surface area contributed by atoms with Crippen LogP contribution in [0.4, 0.5) is 0 Å². The fraction of sp³-hybridized carbons (Fsp3) is 0.588. The van der Waals surface area contributed by atoms with Crippen molar-refractivity contribution < 1.29 is 13.7 Å². The van der Waals surface area contributed by atoms with Gasteiger partial charge in [-0.3, -0.25) is 9.69 Å². The first-order valence-electron chi connectivity index (χ1n) is 8.58. The lowest BCUT2D eigenvalue weighted by molar-refractivity contribution is -0.122. The maximum atomic E-state index is 11.7. The van der Waals surface area contributed by atoms with E-state index in [2.05, 4.69) is 27.3 Å². The van der Waals surface area contributed by atoms with Crippen LogP contribution in [0.5, 0.6) is 0 Å². The largest absolute Gasteiger partial charge is 0.461 e. The van der Waals surface area contributed by atoms with Crippen molar-refractivity contribution in [1.82, 2.24) is 20.4 Å². The molecular weight excluding hydrogens is 308 g/mol. The molecular formula is C17H24N4O3. The van der Waals surface area contributed by atoms with Crippen molar-refractivity contribution in [2.24, 2.45) is 0 Å². The first-order chi connectivity index (χ1) is 11.7. The summed E-state index contributed by atoms with van der Waals surface area (Å²) < 4.78 is 10.7. The zero-order valence-electron chi connectivity index (χ0n) is 14.2. The van der Waals surface area contributed by atoms with E-state index in [9.17, 15) is 4.79 Å². The molecule has 7 heteroatoms. The van der Waals surface area contributed by atoms with Crippen molar-refractivity contribution in [2.75, 3.05) is 13.1 Å². The maximum Gasteiger partial charge on any atom is 0.244 e. The van der Waals surface area contributed by atoms with Crippen LogP contribution in [0.3, 0.4) is 0 Å². The molecule has 0 spiro atoms. The highest BCUT2D eigenvalue weighted by molar-refractivity contribution is 5.76. The van der Waals surface area contributed by atoms with Crippen LogP contribution in [0.1, 0.15) is 51.5 Å². The van der Waals surface area contributed by atoms with Crippen LogP contribution in [-0.2, 0) is 4.79 Å². The van der Waals surface area contributed by atoms with Crippen LogP contribution in [0.2, 0.25) is 0 Å². The fourth-order valence-electron chi connectivity index (χ4n) is 3.02. The van der Waals surface area contributed by atoms with Gasteiger partial charge in [-0.05, 0) is 38.3 Å². The predicted octanol–water partition coefficient (Wildman–Crippen LogP) is 2.77. The minimum absolute atomic E-state index is 0.0495. The van der Waals surface area contributed by atoms with E-state index in [0.717, 1.165) is 32.4 Å². The summed E-state index contributed by atoms with van der Waals surface area (Å²) >= 11 is 0. The Morgan fingerprint density at radius 2 is 2.25 bits per heavy atom. The quantitative estimate of drug-likeness (QED) is 0.875. The molecule has 0 bridgehead atoms. The van der Waals surface area contributed by atoms with E-state index in [4.69, 9.17) is 8.94 Å². The Balaban J connectivity index is 1.54. The molecule has 1 amide bonds. The summed E-state index contributed by atoms with van der Waals surface area (Å²) in [6, 6.07) is 3.93. The van der Waals surface area contributed by atoms with Crippen molar-refractivity contribution >= 4 is 5.91 Å². The van der Waals surface area contributed by atoms with Crippen molar-refractivity contribution in [3.8, 4) is 11.6 Å². The smallest absolute Gasteiger partial charge is 0.244 e. The van der Waals surface area contributed by atoms with Gasteiger partial charge in [0.15, 0.2) is 5.76 Å². The van der Waals surface area contributed by atoms with Crippen LogP contribution in [0.25, 0.3) is 11.6 Å². The molecule has 1 fully saturated rings. The van der Waals surface area contributed by atoms with Gasteiger partial charge in [0.1, 0.15) is 0 Å². The van der Waals surface area contributed by atoms with E-state index < -0.39 is 0 Å². The van der Waals surface area contributed by atoms with Crippen LogP contribution >= 0.6 is 0 Å². The molecule has 2 aromatic heterocycles. The summed E-state index contributed by atoms with van der Waals surface area (Å²) in [5.74, 6) is 1.83. The van der Waals surface area contributed by atoms with Crippen molar-refractivity contribution in [3.05, 3.63) is 24.3 Å². The van der Waals surface area contributed by atoms with Gasteiger partial charge in [-0.25, -0.2) is 0 Å². The normalized spacial score (nSPS) is 17.8. The van der Waals surface area contributed by atoms with Gasteiger partial charge < -0.3 is 14.3 Å². The lowest BCUT2D eigenvalue weighted by Gasteiger charge is -2.34. The number of nitrogens with zero attached hydrogens (tertiary/aromatic N) is 3. The third kappa shape index (κ3) is 3.84. The van der Waals surface area contributed by atoms with Crippen LogP contribution in [0.15, 0.2) is 27.3 Å². The van der Waals surface area contributed by atoms with Gasteiger partial charge in [0.25, 0.3) is 0 Å². The first kappa shape index (κ1) is 16.7. The number of amides is 1. The Morgan fingerprint density at radius 3 is 2.92 bits per heavy atom. The lowest BCUT2D eigenvalue weighted by Crippen LogP contribution is -2.45. The number of furan rings is 1. The summed E-state index contributed by atoms with van der Waals surface area (Å²) in [6.07, 6.45) is 4.97. The molecule has 0 aromatic carbocycles. The number of rotatable bonds is 6. The first-order valence-corrected chi connectivity index (χ1v) is 8.58. The highest BCUT2D eigenvalue weighted by atomic mass is 16.5. The second-order valence-corrected chi connectivity index (χ2v) is 6.24. The molecule has 130 valence electrons. The molecule has 0 aliphatic carbocycles. The zero-order chi connectivity index (χ0) is 16.9. The third-order valence-electron chi connectivity index (χ3n) is 4.46. The number of hydrogen-bond donors (Lipinski definition) is 1. The van der Waals surface area contributed by atoms with Crippen LogP contribution in [0, 0.1) is 0 Å². The van der Waals surface area contributed by atoms with E-state index in [1.807, 2.05) is 13.0 Å². The Kier molecular flexibility index (Phi) is 5.30. The molecule has 1 atom stereocenters. The number of nitrogens with one attached hydrogen (secondary N) is 1. The van der Waals surface area contributed by atoms with Gasteiger partial charge in [0, 0.05) is 25.6 Å². The number of likely N-dealkylation sites (tertiary alicyclic amines) is 1. The van der Waals surface area contributed by atoms with E-state index in [0.29, 0.717) is 23.9 Å². The molecule has 1 aliphatic rings. The topological polar surface area (TPSA) is 84.4 Å². The minimum Gasteiger partial charge on any atom is -0.461 e. The summed E-state index contributed by atoms with van der Waals surface area (Å²) in [7, 11) is 0. The van der Waals surface area contributed by atoms with Gasteiger partial charge >= 0.3 is 0 Å². The number of carbonyl (C=O) groups is 1. The molecule has 7 nitrogen and oxygen atoms in total. The van der Waals surface area contributed by atoms with Crippen LogP contribution in [-0.4, -0.2) is 40.1 Å². The number of aromatic nitrogens is 2. The third-order valence-corrected chi connectivity index (χ3v) is 4.46. The molecule has 1 aliphatic heterocycles. The van der Waals surface area contributed by atoms with Gasteiger partial charge in [-0.15, -0.1) is 0 Å². The van der Waals surface area contributed by atoms with Crippen molar-refractivity contribution in [2.45, 2.75) is 51.6 Å². The van der Waals surface area contributed by atoms with Gasteiger partial charge in [-0.1, -0.05) is 12.1 Å². The molecule has 3 rings (SSSR count). The Labute approximate surface area is 141 Å². The molecule has 1 unspecified atom stereocenters. The SMILES string of the molecule is CCCC(=O)NC1CCN(C(C)c2nc(-c3ccco3)no2)CC1. The number of piperidine rings is 1. The second-order valence-electron chi connectivity index (χ2n) is 6.24. The predicted molar refractivity (Wildman–Crippen MR) is 88.1 cm³/mol. The number of carbonyl (C=O) groups excluding carboxylic acids is 1. The highest BCUT2D eigenvalue weighted by Crippen LogP contribution is 2.25. The van der Waals surface area contributed by atoms with E-state index in [-0.39, 0.29) is 18.0 Å². The van der Waals surface area contributed by atoms with E-state index in [1.54, 1.807) is 12.3 Å². The zero-order valence-corrected chi connectivity index (χ0v) is 14.2. The van der Waals surface area contributed by atoms with Gasteiger partial charge in [0.2, 0.25) is 17.6 Å². The summed E-state index contributed by atoms with van der Waals surface area (Å²) in [4.78, 5) is 18.4. The molecule has 2 aromatic rings. The summed E-state index contributed by atoms with van der Waals surface area (Å²) in [5, 5.41) is 7.10. The van der Waals surface area contributed by atoms with Gasteiger partial charge in [-0.2, -0.15) is 4.98 Å². The minimum atomic E-state index is 0.0495. The highest BCUT2D eigenvalue weighted by Gasteiger charge is 2.27. The monoisotopic (exact) mass is 332 g/mol. The second kappa shape index (κ2) is 7.61. The molecule has 0 saturated carbocycles. The molecule has 0 radical (unpaired) electrons. The van der Waals surface area contributed by atoms with Crippen LogP contribution < -0.4 is 5.32 Å². The number of hydrogen-bond acceptors (Lipinski definition) is 6. The fourth-order valence-corrected chi connectivity index (χ4v) is 3.02. The Bertz CT molecular complexity index is 645. The van der Waals surface area contributed by atoms with Crippen molar-refractivity contribution in [1.29, 1.82) is 0 Å². The summed E-state index contributed by atoms with van der Waals surface area (Å²) in [5.41, 5.74) is 0. The average Bonchev–Trinajstić information content (AvgIpc) is 3.26. The van der Waals surface area contributed by atoms with Gasteiger partial charge in [0.05, 0.1) is 12.3 Å². The molecule has 1 saturated heterocycles. The van der Waals surface area contributed by atoms with E-state index in [1.165, 1.54) is 0 Å². The average molecular weight is 332 g/mol. The molecule has 1 N–H and O–H groups in total.